The highest BCUT2D eigenvalue weighted by Gasteiger charge is 1.04. The molecule has 0 radical (unpaired) electrons. The summed E-state index contributed by atoms with van der Waals surface area (Å²) in [6.45, 7) is 0. The summed E-state index contributed by atoms with van der Waals surface area (Å²) < 4.78 is 0. The molecule has 2 N–H and O–H groups in total. The van der Waals surface area contributed by atoms with Gasteiger partial charge in [0.2, 0.25) is 12.2 Å². The zero-order chi connectivity index (χ0) is 5.41. The van der Waals surface area contributed by atoms with E-state index >= 15 is 0 Å². The van der Waals surface area contributed by atoms with Crippen molar-refractivity contribution in [3.63, 3.8) is 0 Å². The van der Waals surface area contributed by atoms with E-state index in [1.54, 1.807) is 0 Å². The average molecular weight is 454 g/mol. The van der Waals surface area contributed by atoms with Crippen molar-refractivity contribution in [2.24, 2.45) is 0 Å². The molecule has 0 bridgehead atoms. The maximum Gasteiger partial charge on any atom is 0.231 e. The molecule has 0 saturated carbocycles. The summed E-state index contributed by atoms with van der Waals surface area (Å²) in [6, 6.07) is 0. The molecule has 0 aliphatic rings. The SMILES string of the molecule is C.C.C.C.C.C.C.C.F.F.F.F.F.F.F.F.F.F.F.F.N=C=O.N=C=O. The molecule has 0 aromatic rings. The first-order valence-corrected chi connectivity index (χ1v) is 0.908. The lowest BCUT2D eigenvalue weighted by Crippen LogP contribution is -1.16. The highest BCUT2D eigenvalue weighted by atomic mass is 19.0. The molecule has 4 nitrogen and oxygen atoms in total. The van der Waals surface area contributed by atoms with Crippen LogP contribution in [0, 0.1) is 10.8 Å². The van der Waals surface area contributed by atoms with Crippen LogP contribution in [0.25, 0.3) is 0 Å². The van der Waals surface area contributed by atoms with E-state index in [0.29, 0.717) is 0 Å². The molecule has 0 unspecified atom stereocenters. The minimum atomic E-state index is 0. The molecule has 0 heterocycles. The Hall–Kier alpha value is -2.08. The number of nitrogens with one attached hydrogen (secondary N) is 2. The Morgan fingerprint density at radius 2 is 0.308 bits per heavy atom. The van der Waals surface area contributed by atoms with Crippen molar-refractivity contribution in [3.8, 4) is 0 Å². The van der Waals surface area contributed by atoms with Gasteiger partial charge in [-0.1, -0.05) is 59.4 Å². The topological polar surface area (TPSA) is 81.8 Å². The Bertz CT molecular complexity index is 96.0. The van der Waals surface area contributed by atoms with Gasteiger partial charge in [-0.2, -0.15) is 0 Å². The molecule has 0 amide bonds. The van der Waals surface area contributed by atoms with Crippen LogP contribution in [0.5, 0.6) is 0 Å². The van der Waals surface area contributed by atoms with Gasteiger partial charge in [-0.05, 0) is 0 Å². The van der Waals surface area contributed by atoms with Gasteiger partial charge in [0.25, 0.3) is 0 Å². The molecule has 192 valence electrons. The van der Waals surface area contributed by atoms with Gasteiger partial charge < -0.3 is 0 Å². The predicted octanol–water partition coefficient (Wildman–Crippen LogP) is 6.72. The third kappa shape index (κ3) is 2220. The second-order valence-electron chi connectivity index (χ2n) is 0.204. The Labute approximate surface area is 150 Å². The van der Waals surface area contributed by atoms with Crippen molar-refractivity contribution in [1.82, 2.24) is 0 Å². The fourth-order valence-electron chi connectivity index (χ4n) is 0. The van der Waals surface area contributed by atoms with E-state index in [0.717, 1.165) is 12.2 Å². The second-order valence-corrected chi connectivity index (χ2v) is 0.204. The molecule has 0 aromatic heterocycles. The molecule has 0 spiro atoms. The van der Waals surface area contributed by atoms with Crippen molar-refractivity contribution >= 4 is 12.2 Å². The van der Waals surface area contributed by atoms with Crippen LogP contribution in [0.2, 0.25) is 0 Å². The second kappa shape index (κ2) is 1720000. The maximum atomic E-state index is 8.35. The predicted molar refractivity (Wildman–Crippen MR) is 101 cm³/mol. The molecular weight excluding hydrogens is 408 g/mol. The monoisotopic (exact) mass is 454 g/mol. The van der Waals surface area contributed by atoms with Gasteiger partial charge in [-0.25, -0.2) is 20.4 Å². The highest BCUT2D eigenvalue weighted by molar-refractivity contribution is 5.26. The van der Waals surface area contributed by atoms with E-state index < -0.39 is 0 Å². The molecule has 0 aliphatic carbocycles. The summed E-state index contributed by atoms with van der Waals surface area (Å²) >= 11 is 0. The summed E-state index contributed by atoms with van der Waals surface area (Å²) in [4.78, 5) is 16.7. The quantitative estimate of drug-likeness (QED) is 0.242. The van der Waals surface area contributed by atoms with Gasteiger partial charge >= 0.3 is 0 Å². The standard InChI is InChI=1S/2CHNO.8CH4.12FH/c2*2-1-3;;;;;;;;;;;;;;;;;;;;/h2*2H;8*1H4;12*1H. The van der Waals surface area contributed by atoms with Crippen LogP contribution < -0.4 is 0 Å². The number of halogens is 12. The van der Waals surface area contributed by atoms with Gasteiger partial charge in [-0.3, -0.25) is 56.5 Å². The van der Waals surface area contributed by atoms with E-state index in [4.69, 9.17) is 20.4 Å². The van der Waals surface area contributed by atoms with Gasteiger partial charge in [0.1, 0.15) is 0 Å². The first kappa shape index (κ1) is 3410. The number of isocyanates is 2. The molecular formula is C10H46F12N2O2. The minimum absolute atomic E-state index is 0. The Balaban J connectivity index is -0.000000000348. The van der Waals surface area contributed by atoms with Crippen molar-refractivity contribution in [3.05, 3.63) is 0 Å². The first-order valence-electron chi connectivity index (χ1n) is 0.908. The molecule has 0 rings (SSSR count). The van der Waals surface area contributed by atoms with E-state index in [9.17, 15) is 0 Å². The summed E-state index contributed by atoms with van der Waals surface area (Å²) in [6.07, 6.45) is 1.50. The van der Waals surface area contributed by atoms with E-state index in [-0.39, 0.29) is 116 Å². The van der Waals surface area contributed by atoms with Crippen LogP contribution in [-0.4, -0.2) is 12.2 Å². The van der Waals surface area contributed by atoms with Crippen LogP contribution in [0.4, 0.5) is 56.5 Å². The lowest BCUT2D eigenvalue weighted by Gasteiger charge is -1.02. The first-order chi connectivity index (χ1) is 2.83. The smallest absolute Gasteiger partial charge is 0.231 e. The van der Waals surface area contributed by atoms with E-state index in [1.807, 2.05) is 0 Å². The summed E-state index contributed by atoms with van der Waals surface area (Å²) in [5.41, 5.74) is 0. The maximum absolute atomic E-state index is 8.35. The Morgan fingerprint density at radius 1 is 0.308 bits per heavy atom. The minimum Gasteiger partial charge on any atom is -0.269 e. The molecule has 16 heteroatoms. The third-order valence-corrected chi connectivity index (χ3v) is 0. The molecule has 0 aromatic carbocycles. The fourth-order valence-corrected chi connectivity index (χ4v) is 0. The number of rotatable bonds is 0. The fraction of sp³-hybridized carbons (Fsp3) is 0.800. The Morgan fingerprint density at radius 3 is 0.308 bits per heavy atom. The van der Waals surface area contributed by atoms with Crippen LogP contribution in [0.3, 0.4) is 0 Å². The van der Waals surface area contributed by atoms with E-state index in [2.05, 4.69) is 0 Å². The molecule has 26 heavy (non-hydrogen) atoms. The lowest BCUT2D eigenvalue weighted by atomic mass is 11.7. The number of hydrogen-bond acceptors (Lipinski definition) is 4. The molecule has 0 aliphatic heterocycles. The largest absolute Gasteiger partial charge is 0.269 e. The molecule has 0 saturated heterocycles. The highest BCUT2D eigenvalue weighted by Crippen LogP contribution is 0.871. The van der Waals surface area contributed by atoms with Crippen LogP contribution in [0.1, 0.15) is 59.4 Å². The third-order valence-electron chi connectivity index (χ3n) is 0. The van der Waals surface area contributed by atoms with Crippen LogP contribution >= 0.6 is 0 Å². The van der Waals surface area contributed by atoms with Gasteiger partial charge in [-0.15, -0.1) is 0 Å². The normalized spacial score (nSPS) is 0.615. The number of carbonyl (C=O) groups excluding carboxylic acids is 2. The molecule has 0 fully saturated rings. The zero-order valence-electron chi connectivity index (χ0n) is 7.72. The van der Waals surface area contributed by atoms with Crippen LogP contribution in [-0.2, 0) is 9.59 Å². The Kier molecular flexibility index (Phi) is 226000000. The van der Waals surface area contributed by atoms with Gasteiger partial charge in [0.05, 0.1) is 0 Å². The molecule has 0 atom stereocenters. The average Bonchev–Trinajstić information content (AvgIpc) is 1.39. The summed E-state index contributed by atoms with van der Waals surface area (Å²) in [5, 5.41) is 10.8. The summed E-state index contributed by atoms with van der Waals surface area (Å²) in [7, 11) is 0. The zero-order valence-corrected chi connectivity index (χ0v) is 7.72. The van der Waals surface area contributed by atoms with Crippen molar-refractivity contribution in [2.75, 3.05) is 0 Å². The van der Waals surface area contributed by atoms with Crippen molar-refractivity contribution < 1.29 is 66.0 Å². The van der Waals surface area contributed by atoms with Crippen molar-refractivity contribution in [1.29, 1.82) is 10.8 Å². The van der Waals surface area contributed by atoms with Crippen LogP contribution in [0.15, 0.2) is 0 Å². The van der Waals surface area contributed by atoms with Gasteiger partial charge in [0.15, 0.2) is 0 Å². The number of hydrogen-bond donors (Lipinski definition) is 2. The summed E-state index contributed by atoms with van der Waals surface area (Å²) in [5.74, 6) is 0. The van der Waals surface area contributed by atoms with E-state index in [1.165, 1.54) is 0 Å². The van der Waals surface area contributed by atoms with Crippen molar-refractivity contribution in [2.45, 2.75) is 59.4 Å². The van der Waals surface area contributed by atoms with Gasteiger partial charge in [0, 0.05) is 0 Å². The lowest BCUT2D eigenvalue weighted by molar-refractivity contribution is 0.562.